The molecule has 0 unspecified atom stereocenters. The zero-order valence-corrected chi connectivity index (χ0v) is 11.1. The van der Waals surface area contributed by atoms with Crippen LogP contribution in [0.5, 0.6) is 0 Å². The number of rotatable bonds is 1. The van der Waals surface area contributed by atoms with Crippen molar-refractivity contribution in [2.75, 3.05) is 31.6 Å². The maximum absolute atomic E-state index is 13.5. The zero-order valence-electron chi connectivity index (χ0n) is 11.1. The summed E-state index contributed by atoms with van der Waals surface area (Å²) in [4.78, 5) is 13.7. The topological polar surface area (TPSA) is 50.8 Å². The van der Waals surface area contributed by atoms with Crippen LogP contribution in [-0.4, -0.2) is 43.0 Å². The van der Waals surface area contributed by atoms with Gasteiger partial charge in [-0.2, -0.15) is 0 Å². The number of carbonyl (C=O) groups is 1. The molecule has 0 aliphatic carbocycles. The van der Waals surface area contributed by atoms with E-state index in [1.807, 2.05) is 0 Å². The highest BCUT2D eigenvalue weighted by molar-refractivity contribution is 5.89. The van der Waals surface area contributed by atoms with E-state index in [4.69, 9.17) is 9.47 Å². The number of urea groups is 1. The van der Waals surface area contributed by atoms with Crippen LogP contribution in [0.3, 0.4) is 0 Å². The molecule has 1 aromatic rings. The first-order valence-corrected chi connectivity index (χ1v) is 6.77. The fourth-order valence-corrected chi connectivity index (χ4v) is 2.59. The molecule has 6 heteroatoms. The first-order chi connectivity index (χ1) is 9.69. The van der Waals surface area contributed by atoms with E-state index in [0.29, 0.717) is 39.1 Å². The average molecular weight is 280 g/mol. The summed E-state index contributed by atoms with van der Waals surface area (Å²) in [6.45, 7) is 2.31. The van der Waals surface area contributed by atoms with E-state index in [9.17, 15) is 9.18 Å². The molecule has 1 N–H and O–H groups in total. The van der Waals surface area contributed by atoms with Gasteiger partial charge in [-0.15, -0.1) is 0 Å². The third-order valence-electron chi connectivity index (χ3n) is 3.74. The van der Waals surface area contributed by atoms with Crippen molar-refractivity contribution in [3.63, 3.8) is 0 Å². The number of hydrogen-bond acceptors (Lipinski definition) is 3. The highest BCUT2D eigenvalue weighted by Gasteiger charge is 2.40. The predicted octanol–water partition coefficient (Wildman–Crippen LogP) is 2.20. The maximum atomic E-state index is 13.5. The van der Waals surface area contributed by atoms with Crippen LogP contribution in [0.2, 0.25) is 0 Å². The van der Waals surface area contributed by atoms with Crippen LogP contribution in [0.1, 0.15) is 12.8 Å². The summed E-state index contributed by atoms with van der Waals surface area (Å²) in [6, 6.07) is 5.85. The lowest BCUT2D eigenvalue weighted by Gasteiger charge is -2.37. The Balaban J connectivity index is 1.58. The van der Waals surface area contributed by atoms with E-state index in [1.165, 1.54) is 6.07 Å². The summed E-state index contributed by atoms with van der Waals surface area (Å²) < 4.78 is 24.7. The van der Waals surface area contributed by atoms with Gasteiger partial charge in [-0.1, -0.05) is 12.1 Å². The SMILES string of the molecule is O=C(Nc1ccccc1F)N1CCC2(CC1)OCCO2. The van der Waals surface area contributed by atoms with Gasteiger partial charge in [-0.05, 0) is 12.1 Å². The summed E-state index contributed by atoms with van der Waals surface area (Å²) in [5.74, 6) is -0.939. The number of benzene rings is 1. The molecule has 1 spiro atoms. The van der Waals surface area contributed by atoms with Crippen molar-refractivity contribution in [2.24, 2.45) is 0 Å². The van der Waals surface area contributed by atoms with E-state index in [2.05, 4.69) is 5.32 Å². The molecule has 2 fully saturated rings. The number of likely N-dealkylation sites (tertiary alicyclic amines) is 1. The normalized spacial score (nSPS) is 21.1. The number of carbonyl (C=O) groups excluding carboxylic acids is 1. The van der Waals surface area contributed by atoms with Gasteiger partial charge in [0.1, 0.15) is 5.82 Å². The van der Waals surface area contributed by atoms with Crippen LogP contribution < -0.4 is 5.32 Å². The Morgan fingerprint density at radius 1 is 1.20 bits per heavy atom. The number of ether oxygens (including phenoxy) is 2. The fraction of sp³-hybridized carbons (Fsp3) is 0.500. The number of para-hydroxylation sites is 1. The average Bonchev–Trinajstić information content (AvgIpc) is 2.90. The van der Waals surface area contributed by atoms with Crippen LogP contribution in [0.25, 0.3) is 0 Å². The molecule has 2 aliphatic rings. The van der Waals surface area contributed by atoms with Crippen molar-refractivity contribution in [1.29, 1.82) is 0 Å². The Hall–Kier alpha value is -1.66. The maximum Gasteiger partial charge on any atom is 0.321 e. The first-order valence-electron chi connectivity index (χ1n) is 6.77. The minimum absolute atomic E-state index is 0.200. The number of hydrogen-bond donors (Lipinski definition) is 1. The van der Waals surface area contributed by atoms with Crippen molar-refractivity contribution in [1.82, 2.24) is 4.90 Å². The number of nitrogens with one attached hydrogen (secondary N) is 1. The van der Waals surface area contributed by atoms with Crippen molar-refractivity contribution in [3.05, 3.63) is 30.1 Å². The number of halogens is 1. The van der Waals surface area contributed by atoms with Gasteiger partial charge in [0.15, 0.2) is 5.79 Å². The van der Waals surface area contributed by atoms with E-state index < -0.39 is 11.6 Å². The van der Waals surface area contributed by atoms with Crippen LogP contribution in [-0.2, 0) is 9.47 Å². The molecule has 2 amide bonds. The number of nitrogens with zero attached hydrogens (tertiary/aromatic N) is 1. The second-order valence-corrected chi connectivity index (χ2v) is 5.00. The monoisotopic (exact) mass is 280 g/mol. The minimum atomic E-state index is -0.505. The van der Waals surface area contributed by atoms with Crippen molar-refractivity contribution >= 4 is 11.7 Å². The van der Waals surface area contributed by atoms with Gasteiger partial charge in [0.05, 0.1) is 18.9 Å². The summed E-state index contributed by atoms with van der Waals surface area (Å²) in [7, 11) is 0. The van der Waals surface area contributed by atoms with E-state index >= 15 is 0 Å². The van der Waals surface area contributed by atoms with Crippen molar-refractivity contribution < 1.29 is 18.7 Å². The number of piperidine rings is 1. The van der Waals surface area contributed by atoms with Crippen LogP contribution in [0.15, 0.2) is 24.3 Å². The lowest BCUT2D eigenvalue weighted by Crippen LogP contribution is -2.48. The molecule has 2 heterocycles. The smallest absolute Gasteiger partial charge is 0.321 e. The van der Waals surface area contributed by atoms with Gasteiger partial charge in [0.25, 0.3) is 0 Å². The zero-order chi connectivity index (χ0) is 14.0. The summed E-state index contributed by atoms with van der Waals surface area (Å²) in [5.41, 5.74) is 0.200. The highest BCUT2D eigenvalue weighted by atomic mass is 19.1. The number of anilines is 1. The Labute approximate surface area is 116 Å². The molecule has 0 saturated carbocycles. The summed E-state index contributed by atoms with van der Waals surface area (Å²) in [6.07, 6.45) is 1.30. The fourth-order valence-electron chi connectivity index (χ4n) is 2.59. The Kier molecular flexibility index (Phi) is 3.58. The summed E-state index contributed by atoms with van der Waals surface area (Å²) >= 11 is 0. The Bertz CT molecular complexity index is 493. The lowest BCUT2D eigenvalue weighted by molar-refractivity contribution is -0.181. The first kappa shape index (κ1) is 13.3. The molecule has 0 bridgehead atoms. The second kappa shape index (κ2) is 5.38. The van der Waals surface area contributed by atoms with Crippen molar-refractivity contribution in [2.45, 2.75) is 18.6 Å². The van der Waals surface area contributed by atoms with Crippen molar-refractivity contribution in [3.8, 4) is 0 Å². The van der Waals surface area contributed by atoms with Crippen LogP contribution in [0, 0.1) is 5.82 Å². The van der Waals surface area contributed by atoms with E-state index in [-0.39, 0.29) is 11.7 Å². The summed E-state index contributed by atoms with van der Waals surface area (Å²) in [5, 5.41) is 2.59. The Morgan fingerprint density at radius 3 is 2.50 bits per heavy atom. The van der Waals surface area contributed by atoms with Gasteiger partial charge in [0.2, 0.25) is 0 Å². The van der Waals surface area contributed by atoms with Gasteiger partial charge < -0.3 is 19.7 Å². The van der Waals surface area contributed by atoms with Crippen LogP contribution >= 0.6 is 0 Å². The van der Waals surface area contributed by atoms with E-state index in [0.717, 1.165) is 0 Å². The molecular formula is C14H17FN2O3. The molecule has 20 heavy (non-hydrogen) atoms. The molecule has 0 atom stereocenters. The van der Waals surface area contributed by atoms with Gasteiger partial charge in [0, 0.05) is 25.9 Å². The van der Waals surface area contributed by atoms with Gasteiger partial charge in [-0.3, -0.25) is 0 Å². The molecular weight excluding hydrogens is 263 g/mol. The molecule has 5 nitrogen and oxygen atoms in total. The van der Waals surface area contributed by atoms with E-state index in [1.54, 1.807) is 23.1 Å². The molecule has 0 radical (unpaired) electrons. The third-order valence-corrected chi connectivity index (χ3v) is 3.74. The molecule has 0 aromatic heterocycles. The second-order valence-electron chi connectivity index (χ2n) is 5.00. The van der Waals surface area contributed by atoms with Crippen LogP contribution in [0.4, 0.5) is 14.9 Å². The molecule has 3 rings (SSSR count). The molecule has 108 valence electrons. The quantitative estimate of drug-likeness (QED) is 0.858. The molecule has 2 saturated heterocycles. The standard InChI is InChI=1S/C14H17FN2O3/c15-11-3-1-2-4-12(11)16-13(18)17-7-5-14(6-8-17)19-9-10-20-14/h1-4H,5-10H2,(H,16,18). The predicted molar refractivity (Wildman–Crippen MR) is 70.9 cm³/mol. The highest BCUT2D eigenvalue weighted by Crippen LogP contribution is 2.31. The van der Waals surface area contributed by atoms with Gasteiger partial charge >= 0.3 is 6.03 Å². The number of amides is 2. The Morgan fingerprint density at radius 2 is 1.85 bits per heavy atom. The third kappa shape index (κ3) is 2.62. The largest absolute Gasteiger partial charge is 0.347 e. The lowest BCUT2D eigenvalue weighted by atomic mass is 10.0. The van der Waals surface area contributed by atoms with Gasteiger partial charge in [-0.25, -0.2) is 9.18 Å². The molecule has 1 aromatic carbocycles. The molecule has 2 aliphatic heterocycles. The minimum Gasteiger partial charge on any atom is -0.347 e.